The van der Waals surface area contributed by atoms with Crippen LogP contribution in [0.4, 0.5) is 13.2 Å². The topological polar surface area (TPSA) is 29.1 Å². The van der Waals surface area contributed by atoms with Crippen molar-refractivity contribution in [2.24, 2.45) is 0 Å². The van der Waals surface area contributed by atoms with Gasteiger partial charge >= 0.3 is 6.18 Å². The largest absolute Gasteiger partial charge is 0.416 e. The van der Waals surface area contributed by atoms with Crippen molar-refractivity contribution >= 4 is 21.8 Å². The van der Waals surface area contributed by atoms with Crippen molar-refractivity contribution in [3.63, 3.8) is 0 Å². The number of amides is 1. The molecule has 1 aromatic carbocycles. The first kappa shape index (κ1) is 17.0. The second-order valence-electron chi connectivity index (χ2n) is 5.26. The van der Waals surface area contributed by atoms with Crippen LogP contribution >= 0.6 is 15.9 Å². The molecule has 0 aliphatic rings. The summed E-state index contributed by atoms with van der Waals surface area (Å²) in [5.74, 6) is -0.221. The zero-order valence-corrected chi connectivity index (χ0v) is 13.1. The third-order valence-electron chi connectivity index (χ3n) is 3.10. The first-order valence-corrected chi connectivity index (χ1v) is 7.05. The number of halogens is 4. The lowest BCUT2D eigenvalue weighted by atomic mass is 10.0. The molecule has 1 atom stereocenters. The van der Waals surface area contributed by atoms with Crippen LogP contribution in [0, 0.1) is 0 Å². The molecule has 0 aliphatic carbocycles. The van der Waals surface area contributed by atoms with Crippen molar-refractivity contribution in [3.8, 4) is 0 Å². The minimum absolute atomic E-state index is 0.0568. The van der Waals surface area contributed by atoms with E-state index in [1.165, 1.54) is 12.1 Å². The number of hydrogen-bond donors (Lipinski definition) is 1. The molecule has 6 heteroatoms. The van der Waals surface area contributed by atoms with Gasteiger partial charge in [-0.1, -0.05) is 35.0 Å². The van der Waals surface area contributed by atoms with Crippen LogP contribution in [0.2, 0.25) is 0 Å². The van der Waals surface area contributed by atoms with Crippen molar-refractivity contribution in [2.75, 3.05) is 0 Å². The molecule has 1 N–H and O–H groups in total. The number of carbonyl (C=O) groups excluding carboxylic acids is 1. The van der Waals surface area contributed by atoms with Crippen LogP contribution in [0.1, 0.15) is 31.9 Å². The van der Waals surface area contributed by atoms with Crippen LogP contribution in [0.15, 0.2) is 24.3 Å². The highest BCUT2D eigenvalue weighted by Crippen LogP contribution is 2.29. The Bertz CT molecular complexity index is 466. The molecule has 0 spiro atoms. The van der Waals surface area contributed by atoms with E-state index < -0.39 is 17.3 Å². The molecule has 1 amide bonds. The zero-order chi connectivity index (χ0) is 15.6. The molecule has 0 aromatic heterocycles. The Hall–Kier alpha value is -1.04. The van der Waals surface area contributed by atoms with Gasteiger partial charge in [-0.2, -0.15) is 13.2 Å². The molecule has 0 fully saturated rings. The number of rotatable bonds is 4. The molecule has 0 saturated heterocycles. The van der Waals surface area contributed by atoms with Crippen LogP contribution in [0.5, 0.6) is 0 Å². The lowest BCUT2D eigenvalue weighted by Gasteiger charge is -2.29. The molecule has 2 nitrogen and oxygen atoms in total. The summed E-state index contributed by atoms with van der Waals surface area (Å²) in [4.78, 5) is 11.9. The Labute approximate surface area is 124 Å². The lowest BCUT2D eigenvalue weighted by molar-refractivity contribution is -0.137. The van der Waals surface area contributed by atoms with Crippen molar-refractivity contribution in [3.05, 3.63) is 35.4 Å². The van der Waals surface area contributed by atoms with Crippen LogP contribution in [0.25, 0.3) is 0 Å². The van der Waals surface area contributed by atoms with Gasteiger partial charge in [-0.15, -0.1) is 0 Å². The van der Waals surface area contributed by atoms with E-state index in [1.54, 1.807) is 0 Å². The molecule has 20 heavy (non-hydrogen) atoms. The fraction of sp³-hybridized carbons (Fsp3) is 0.500. The standard InChI is InChI=1S/C14H17BrF3NO/c1-9(15)13(2,3)19-12(20)8-10-4-6-11(7-5-10)14(16,17)18/h4-7,9H,8H2,1-3H3,(H,19,20). The van der Waals surface area contributed by atoms with Gasteiger partial charge in [-0.25, -0.2) is 0 Å². The smallest absolute Gasteiger partial charge is 0.350 e. The van der Waals surface area contributed by atoms with Gasteiger partial charge in [0.15, 0.2) is 0 Å². The molecule has 1 rings (SSSR count). The minimum Gasteiger partial charge on any atom is -0.350 e. The quantitative estimate of drug-likeness (QED) is 0.818. The van der Waals surface area contributed by atoms with E-state index in [1.807, 2.05) is 20.8 Å². The third kappa shape index (κ3) is 4.81. The van der Waals surface area contributed by atoms with Crippen LogP contribution in [-0.2, 0) is 17.4 Å². The maximum absolute atomic E-state index is 12.4. The van der Waals surface area contributed by atoms with Gasteiger partial charge in [0.25, 0.3) is 0 Å². The number of alkyl halides is 4. The van der Waals surface area contributed by atoms with Gasteiger partial charge in [-0.05, 0) is 31.5 Å². The molecule has 1 aromatic rings. The first-order valence-electron chi connectivity index (χ1n) is 6.13. The average Bonchev–Trinajstić information content (AvgIpc) is 2.27. The number of benzene rings is 1. The fourth-order valence-electron chi connectivity index (χ4n) is 1.50. The van der Waals surface area contributed by atoms with Gasteiger partial charge in [0.05, 0.1) is 12.0 Å². The SMILES string of the molecule is CC(Br)C(C)(C)NC(=O)Cc1ccc(C(F)(F)F)cc1. The van der Waals surface area contributed by atoms with Crippen LogP contribution in [0.3, 0.4) is 0 Å². The predicted molar refractivity (Wildman–Crippen MR) is 75.8 cm³/mol. The van der Waals surface area contributed by atoms with Gasteiger partial charge in [0.2, 0.25) is 5.91 Å². The molecule has 0 bridgehead atoms. The average molecular weight is 352 g/mol. The normalized spacial score (nSPS) is 13.9. The summed E-state index contributed by atoms with van der Waals surface area (Å²) in [7, 11) is 0. The summed E-state index contributed by atoms with van der Waals surface area (Å²) in [5.41, 5.74) is -0.590. The number of nitrogens with one attached hydrogen (secondary N) is 1. The Balaban J connectivity index is 2.68. The van der Waals surface area contributed by atoms with Gasteiger partial charge in [-0.3, -0.25) is 4.79 Å². The molecule has 1 unspecified atom stereocenters. The van der Waals surface area contributed by atoms with E-state index >= 15 is 0 Å². The summed E-state index contributed by atoms with van der Waals surface area (Å²) in [6.07, 6.45) is -4.30. The van der Waals surface area contributed by atoms with Gasteiger partial charge in [0.1, 0.15) is 0 Å². The molecule has 0 radical (unpaired) electrons. The van der Waals surface area contributed by atoms with Crippen LogP contribution in [-0.4, -0.2) is 16.3 Å². The van der Waals surface area contributed by atoms with E-state index in [0.29, 0.717) is 5.56 Å². The van der Waals surface area contributed by atoms with Gasteiger partial charge < -0.3 is 5.32 Å². The van der Waals surface area contributed by atoms with Crippen molar-refractivity contribution in [2.45, 2.75) is 43.7 Å². The van der Waals surface area contributed by atoms with Crippen molar-refractivity contribution in [1.82, 2.24) is 5.32 Å². The first-order chi connectivity index (χ1) is 9.02. The van der Waals surface area contributed by atoms with E-state index in [4.69, 9.17) is 0 Å². The molecular weight excluding hydrogens is 335 g/mol. The maximum Gasteiger partial charge on any atom is 0.416 e. The minimum atomic E-state index is -4.35. The van der Waals surface area contributed by atoms with E-state index in [0.717, 1.165) is 12.1 Å². The lowest BCUT2D eigenvalue weighted by Crippen LogP contribution is -2.49. The molecule has 0 heterocycles. The Kier molecular flexibility index (Phi) is 5.24. The highest BCUT2D eigenvalue weighted by atomic mass is 79.9. The highest BCUT2D eigenvalue weighted by Gasteiger charge is 2.30. The van der Waals surface area contributed by atoms with Crippen molar-refractivity contribution < 1.29 is 18.0 Å². The zero-order valence-electron chi connectivity index (χ0n) is 11.5. The Morgan fingerprint density at radius 1 is 1.25 bits per heavy atom. The van der Waals surface area contributed by atoms with E-state index in [2.05, 4.69) is 21.2 Å². The summed E-state index contributed by atoms with van der Waals surface area (Å²) in [6.45, 7) is 5.66. The Morgan fingerprint density at radius 2 is 1.75 bits per heavy atom. The molecule has 0 aliphatic heterocycles. The fourth-order valence-corrected chi connectivity index (χ4v) is 1.61. The molecular formula is C14H17BrF3NO. The predicted octanol–water partition coefficient (Wildman–Crippen LogP) is 3.93. The summed E-state index contributed by atoms with van der Waals surface area (Å²) in [5, 5.41) is 2.84. The summed E-state index contributed by atoms with van der Waals surface area (Å²) in [6, 6.07) is 4.63. The third-order valence-corrected chi connectivity index (χ3v) is 4.25. The number of carbonyl (C=O) groups is 1. The highest BCUT2D eigenvalue weighted by molar-refractivity contribution is 9.09. The monoisotopic (exact) mass is 351 g/mol. The molecule has 112 valence electrons. The number of hydrogen-bond acceptors (Lipinski definition) is 1. The van der Waals surface area contributed by atoms with E-state index in [-0.39, 0.29) is 17.2 Å². The second kappa shape index (κ2) is 6.16. The van der Waals surface area contributed by atoms with Gasteiger partial charge in [0, 0.05) is 10.4 Å². The summed E-state index contributed by atoms with van der Waals surface area (Å²) < 4.78 is 37.2. The van der Waals surface area contributed by atoms with Crippen LogP contribution < -0.4 is 5.32 Å². The van der Waals surface area contributed by atoms with E-state index in [9.17, 15) is 18.0 Å². The molecule has 0 saturated carbocycles. The second-order valence-corrected chi connectivity index (χ2v) is 6.63. The Morgan fingerprint density at radius 3 is 2.15 bits per heavy atom. The summed E-state index contributed by atoms with van der Waals surface area (Å²) >= 11 is 3.40. The van der Waals surface area contributed by atoms with Crippen molar-refractivity contribution in [1.29, 1.82) is 0 Å². The maximum atomic E-state index is 12.4.